The molecule has 8 rings (SSSR count). The number of anilines is 1. The number of aryl methyl sites for hydroxylation is 1. The van der Waals surface area contributed by atoms with Crippen molar-refractivity contribution in [2.45, 2.75) is 87.0 Å². The largest absolute Gasteiger partial charge is 0.491 e. The van der Waals surface area contributed by atoms with Gasteiger partial charge in [0, 0.05) is 95.5 Å². The molecule has 2 saturated heterocycles. The Balaban J connectivity index is 1.05. The van der Waals surface area contributed by atoms with Crippen LogP contribution in [0.3, 0.4) is 0 Å². The number of sulfonamides is 1. The van der Waals surface area contributed by atoms with Crippen molar-refractivity contribution in [3.05, 3.63) is 101 Å². The molecule has 66 heavy (non-hydrogen) atoms. The summed E-state index contributed by atoms with van der Waals surface area (Å²) in [6, 6.07) is 19.7. The van der Waals surface area contributed by atoms with Gasteiger partial charge < -0.3 is 19.3 Å². The minimum atomic E-state index is -4.04. The zero-order chi connectivity index (χ0) is 46.6. The second-order valence-corrected chi connectivity index (χ2v) is 23.7. The van der Waals surface area contributed by atoms with Gasteiger partial charge in [-0.15, -0.1) is 0 Å². The van der Waals surface area contributed by atoms with Gasteiger partial charge in [0.2, 0.25) is 15.9 Å². The van der Waals surface area contributed by atoms with Gasteiger partial charge in [-0.3, -0.25) is 19.4 Å². The summed E-state index contributed by atoms with van der Waals surface area (Å²) < 4.78 is 69.3. The number of fused-ring (bicyclic) bond motifs is 4. The standard InChI is InChI=1S/C50H66ClN5O8S2/c1-36-10-9-22-50(63-3,35-53-24-25-54-26-27-56(34-43(54)33-53)48(57)21-29-65(59,60)44-12-5-4-6-13-44)45-18-15-41(45)32-55-23-8-7-11-39-30-42(51)17-14-38(39)20-28-64-47-19-16-40(31-46(47)55)49(58)52-66(61,62)37(36)2/h4-6,9,12-14,16-17,19,22,30-31,36-37,41,43,45H,7-8,10-11,15,18,20-21,23-29,32-35H2,1-3H3,(H,52,58)/b22-9+/t36-,37+,41-,43?,45+,50+/m0/s1. The number of halogens is 1. The SMILES string of the molecule is CO[C@@]1(CN2CCN3CCN(C(=O)CCS(=O)(=O)c4ccccc4)CC3C2)/C=C/C[C@H](C)[C@@H](C)S(=O)(=O)NC(=O)c2ccc3c(c2)N(CCCCc2cc(Cl)ccc2CCO3)C[C@@H]2CC[C@H]21. The molecule has 4 aliphatic heterocycles. The van der Waals surface area contributed by atoms with Crippen LogP contribution in [0.25, 0.3) is 0 Å². The number of sulfone groups is 1. The number of ether oxygens (including phenoxy) is 2. The van der Waals surface area contributed by atoms with E-state index >= 15 is 0 Å². The fourth-order valence-corrected chi connectivity index (χ4v) is 13.4. The van der Waals surface area contributed by atoms with Gasteiger partial charge in [-0.2, -0.15) is 0 Å². The van der Waals surface area contributed by atoms with E-state index in [1.807, 2.05) is 17.9 Å². The van der Waals surface area contributed by atoms with E-state index in [1.54, 1.807) is 62.6 Å². The van der Waals surface area contributed by atoms with Crippen molar-refractivity contribution in [2.75, 3.05) is 83.3 Å². The van der Waals surface area contributed by atoms with Crippen molar-refractivity contribution >= 4 is 49.0 Å². The molecule has 5 aliphatic rings. The molecular weight excluding hydrogens is 898 g/mol. The molecule has 3 aromatic carbocycles. The molecule has 13 nitrogen and oxygen atoms in total. The summed E-state index contributed by atoms with van der Waals surface area (Å²) in [5.41, 5.74) is 2.79. The minimum Gasteiger partial charge on any atom is -0.491 e. The van der Waals surface area contributed by atoms with E-state index < -0.39 is 36.6 Å². The van der Waals surface area contributed by atoms with Gasteiger partial charge in [-0.05, 0) is 117 Å². The Labute approximate surface area is 396 Å². The van der Waals surface area contributed by atoms with Crippen LogP contribution in [0, 0.1) is 17.8 Å². The summed E-state index contributed by atoms with van der Waals surface area (Å²) >= 11 is 6.45. The van der Waals surface area contributed by atoms with Crippen LogP contribution in [0.15, 0.2) is 83.8 Å². The Morgan fingerprint density at radius 3 is 2.50 bits per heavy atom. The van der Waals surface area contributed by atoms with Gasteiger partial charge in [-0.1, -0.05) is 54.9 Å². The quantitative estimate of drug-likeness (QED) is 0.268. The molecule has 0 radical (unpaired) electrons. The van der Waals surface area contributed by atoms with E-state index in [4.69, 9.17) is 21.1 Å². The molecule has 3 fully saturated rings. The molecule has 1 unspecified atom stereocenters. The molecule has 1 N–H and O–H groups in total. The van der Waals surface area contributed by atoms with Crippen LogP contribution >= 0.6 is 11.6 Å². The van der Waals surface area contributed by atoms with Crippen LogP contribution in [0.1, 0.15) is 73.9 Å². The van der Waals surface area contributed by atoms with Crippen LogP contribution in [0.2, 0.25) is 5.02 Å². The first-order valence-corrected chi connectivity index (χ1v) is 27.3. The summed E-state index contributed by atoms with van der Waals surface area (Å²) in [7, 11) is -5.82. The molecule has 3 aromatic rings. The van der Waals surface area contributed by atoms with Crippen molar-refractivity contribution in [3.8, 4) is 5.75 Å². The Bertz CT molecular complexity index is 2470. The Hall–Kier alpha value is -3.99. The van der Waals surface area contributed by atoms with Crippen LogP contribution in [-0.2, 0) is 42.2 Å². The van der Waals surface area contributed by atoms with E-state index in [0.717, 1.165) is 69.0 Å². The third kappa shape index (κ3) is 11.0. The molecular formula is C50H66ClN5O8S2. The Morgan fingerprint density at radius 2 is 1.73 bits per heavy atom. The van der Waals surface area contributed by atoms with Crippen LogP contribution in [0.4, 0.5) is 5.69 Å². The summed E-state index contributed by atoms with van der Waals surface area (Å²) in [5.74, 6) is -0.286. The number of nitrogens with zero attached hydrogens (tertiary/aromatic N) is 4. The second-order valence-electron chi connectivity index (χ2n) is 19.1. The number of amides is 2. The van der Waals surface area contributed by atoms with Gasteiger partial charge in [0.15, 0.2) is 9.84 Å². The maximum Gasteiger partial charge on any atom is 0.264 e. The van der Waals surface area contributed by atoms with Gasteiger partial charge in [0.05, 0.1) is 28.2 Å². The number of methoxy groups -OCH3 is 1. The summed E-state index contributed by atoms with van der Waals surface area (Å²) in [6.07, 6.45) is 10.0. The Kier molecular flexibility index (Phi) is 15.2. The number of piperazine rings is 2. The average molecular weight is 965 g/mol. The predicted molar refractivity (Wildman–Crippen MR) is 258 cm³/mol. The first kappa shape index (κ1) is 48.5. The van der Waals surface area contributed by atoms with Crippen LogP contribution in [0.5, 0.6) is 5.75 Å². The van der Waals surface area contributed by atoms with Crippen molar-refractivity contribution in [1.29, 1.82) is 0 Å². The highest BCUT2D eigenvalue weighted by Crippen LogP contribution is 2.47. The van der Waals surface area contributed by atoms with E-state index in [9.17, 15) is 26.4 Å². The lowest BCUT2D eigenvalue weighted by atomic mass is 9.63. The molecule has 4 heterocycles. The molecule has 0 spiro atoms. The zero-order valence-corrected chi connectivity index (χ0v) is 41.0. The highest BCUT2D eigenvalue weighted by Gasteiger charge is 2.49. The Morgan fingerprint density at radius 1 is 0.924 bits per heavy atom. The fourth-order valence-electron chi connectivity index (χ4n) is 10.7. The second kappa shape index (κ2) is 20.7. The smallest absolute Gasteiger partial charge is 0.264 e. The summed E-state index contributed by atoms with van der Waals surface area (Å²) in [5, 5.41) is -0.128. The normalized spacial score (nSPS) is 28.4. The highest BCUT2D eigenvalue weighted by molar-refractivity contribution is 7.91. The first-order valence-electron chi connectivity index (χ1n) is 23.7. The van der Waals surface area contributed by atoms with Gasteiger partial charge >= 0.3 is 0 Å². The number of nitrogens with one attached hydrogen (secondary N) is 1. The molecule has 16 heteroatoms. The number of carbonyl (C=O) groups is 2. The average Bonchev–Trinajstić information content (AvgIpc) is 3.29. The lowest BCUT2D eigenvalue weighted by Crippen LogP contribution is -2.65. The maximum atomic E-state index is 13.8. The number of rotatable bonds is 7. The predicted octanol–water partition coefficient (Wildman–Crippen LogP) is 6.25. The van der Waals surface area contributed by atoms with Crippen molar-refractivity contribution in [1.82, 2.24) is 19.4 Å². The van der Waals surface area contributed by atoms with Gasteiger partial charge in [-0.25, -0.2) is 21.6 Å². The van der Waals surface area contributed by atoms with E-state index in [0.29, 0.717) is 57.9 Å². The fraction of sp³-hybridized carbons (Fsp3) is 0.560. The number of hydrogen-bond donors (Lipinski definition) is 1. The van der Waals surface area contributed by atoms with Crippen LogP contribution < -0.4 is 14.4 Å². The summed E-state index contributed by atoms with van der Waals surface area (Å²) in [4.78, 5) is 36.6. The van der Waals surface area contributed by atoms with Gasteiger partial charge in [0.25, 0.3) is 5.91 Å². The maximum absolute atomic E-state index is 13.8. The van der Waals surface area contributed by atoms with E-state index in [2.05, 4.69) is 43.7 Å². The minimum absolute atomic E-state index is 0.0587. The van der Waals surface area contributed by atoms with Crippen molar-refractivity contribution < 1.29 is 35.9 Å². The lowest BCUT2D eigenvalue weighted by molar-refractivity contribution is -0.136. The van der Waals surface area contributed by atoms with Crippen molar-refractivity contribution in [3.63, 3.8) is 0 Å². The molecule has 2 amide bonds. The van der Waals surface area contributed by atoms with Crippen molar-refractivity contribution in [2.24, 2.45) is 17.8 Å². The third-order valence-corrected chi connectivity index (χ3v) is 19.0. The number of carbonyl (C=O) groups excluding carboxylic acids is 2. The van der Waals surface area contributed by atoms with E-state index in [1.165, 1.54) is 11.1 Å². The third-order valence-electron chi connectivity index (χ3n) is 15.1. The monoisotopic (exact) mass is 963 g/mol. The molecule has 358 valence electrons. The van der Waals surface area contributed by atoms with Crippen LogP contribution in [-0.4, -0.2) is 139 Å². The molecule has 2 bridgehead atoms. The number of benzene rings is 3. The topological polar surface area (TPSA) is 146 Å². The number of hydrogen-bond acceptors (Lipinski definition) is 11. The van der Waals surface area contributed by atoms with E-state index in [-0.39, 0.29) is 52.3 Å². The molecule has 6 atom stereocenters. The zero-order valence-electron chi connectivity index (χ0n) is 38.6. The lowest BCUT2D eigenvalue weighted by Gasteiger charge is -2.53. The van der Waals surface area contributed by atoms with Gasteiger partial charge in [0.1, 0.15) is 11.4 Å². The first-order chi connectivity index (χ1) is 31.6. The molecule has 1 saturated carbocycles. The summed E-state index contributed by atoms with van der Waals surface area (Å²) in [6.45, 7) is 10.2. The highest BCUT2D eigenvalue weighted by atomic mass is 35.5. The molecule has 1 aliphatic carbocycles. The molecule has 0 aromatic heterocycles. The number of allylic oxidation sites excluding steroid dienone is 1.